The second-order valence-corrected chi connectivity index (χ2v) is 5.88. The summed E-state index contributed by atoms with van der Waals surface area (Å²) < 4.78 is 5.58. The predicted molar refractivity (Wildman–Crippen MR) is 91.4 cm³/mol. The zero-order valence-corrected chi connectivity index (χ0v) is 13.4. The molecule has 0 bridgehead atoms. The number of benzene rings is 2. The molecule has 0 radical (unpaired) electrons. The maximum Gasteiger partial charge on any atom is 0.261 e. The molecule has 4 rings (SSSR count). The molecule has 0 unspecified atom stereocenters. The molecule has 2 aliphatic heterocycles. The lowest BCUT2D eigenvalue weighted by molar-refractivity contribution is -0.113. The topological polar surface area (TPSA) is 75.7 Å². The van der Waals surface area contributed by atoms with E-state index in [2.05, 4.69) is 5.32 Å². The number of fused-ring (bicyclic) bond motifs is 2. The van der Waals surface area contributed by atoms with E-state index >= 15 is 0 Å². The predicted octanol–water partition coefficient (Wildman–Crippen LogP) is 2.33. The minimum atomic E-state index is -0.370. The molecule has 0 saturated heterocycles. The first-order valence-electron chi connectivity index (χ1n) is 7.75. The van der Waals surface area contributed by atoms with Crippen molar-refractivity contribution in [1.29, 1.82) is 0 Å². The van der Waals surface area contributed by atoms with Crippen LogP contribution >= 0.6 is 0 Å². The van der Waals surface area contributed by atoms with Gasteiger partial charge in [-0.2, -0.15) is 0 Å². The second kappa shape index (κ2) is 5.59. The number of ether oxygens (including phenoxy) is 1. The Morgan fingerprint density at radius 2 is 1.84 bits per heavy atom. The Hall–Kier alpha value is -3.41. The highest BCUT2D eigenvalue weighted by atomic mass is 16.5. The van der Waals surface area contributed by atoms with Crippen LogP contribution in [0.15, 0.2) is 48.0 Å². The highest BCUT2D eigenvalue weighted by Gasteiger charge is 2.32. The quantitative estimate of drug-likeness (QED) is 0.855. The fourth-order valence-electron chi connectivity index (χ4n) is 2.90. The molecule has 1 N–H and O–H groups in total. The Kier molecular flexibility index (Phi) is 3.39. The van der Waals surface area contributed by atoms with Crippen LogP contribution in [0.5, 0.6) is 5.75 Å². The smallest absolute Gasteiger partial charge is 0.261 e. The number of para-hydroxylation sites is 1. The summed E-state index contributed by atoms with van der Waals surface area (Å²) in [4.78, 5) is 37.5. The van der Waals surface area contributed by atoms with Crippen molar-refractivity contribution in [2.45, 2.75) is 0 Å². The lowest BCUT2D eigenvalue weighted by atomic mass is 10.1. The largest absolute Gasteiger partial charge is 0.488 e. The molecule has 25 heavy (non-hydrogen) atoms. The lowest BCUT2D eigenvalue weighted by Crippen LogP contribution is -2.24. The summed E-state index contributed by atoms with van der Waals surface area (Å²) in [5.41, 5.74) is 2.43. The third kappa shape index (κ3) is 2.48. The Morgan fingerprint density at radius 1 is 1.08 bits per heavy atom. The van der Waals surface area contributed by atoms with Gasteiger partial charge in [0, 0.05) is 18.3 Å². The van der Waals surface area contributed by atoms with Gasteiger partial charge in [0.05, 0.1) is 16.7 Å². The summed E-state index contributed by atoms with van der Waals surface area (Å²) in [7, 11) is 1.44. The standard InChI is InChI=1S/C19H14N2O4/c1-21-18(23)14-7-6-13(9-15(14)19(21)24)20-17(22)12-8-11-4-2-3-5-16(11)25-10-12/h2-9H,10H2,1H3,(H,20,22). The van der Waals surface area contributed by atoms with E-state index in [-0.39, 0.29) is 24.3 Å². The normalized spacial score (nSPS) is 15.2. The number of rotatable bonds is 2. The van der Waals surface area contributed by atoms with Crippen LogP contribution < -0.4 is 10.1 Å². The molecule has 0 aromatic heterocycles. The summed E-state index contributed by atoms with van der Waals surface area (Å²) in [6.07, 6.45) is 1.78. The third-order valence-corrected chi connectivity index (χ3v) is 4.27. The molecule has 2 aromatic rings. The molecule has 0 spiro atoms. The number of nitrogens with zero attached hydrogens (tertiary/aromatic N) is 1. The summed E-state index contributed by atoms with van der Waals surface area (Å²) in [5, 5.41) is 2.75. The van der Waals surface area contributed by atoms with Crippen LogP contribution in [0.25, 0.3) is 6.08 Å². The number of carbonyl (C=O) groups is 3. The maximum atomic E-state index is 12.5. The van der Waals surface area contributed by atoms with Crippen LogP contribution in [0, 0.1) is 0 Å². The first-order valence-corrected chi connectivity index (χ1v) is 7.75. The number of hydrogen-bond donors (Lipinski definition) is 1. The maximum absolute atomic E-state index is 12.5. The van der Waals surface area contributed by atoms with E-state index in [9.17, 15) is 14.4 Å². The molecule has 0 fully saturated rings. The number of hydrogen-bond acceptors (Lipinski definition) is 4. The van der Waals surface area contributed by atoms with E-state index in [0.29, 0.717) is 22.4 Å². The van der Waals surface area contributed by atoms with E-state index in [1.807, 2.05) is 24.3 Å². The average Bonchev–Trinajstić information content (AvgIpc) is 2.85. The number of imide groups is 1. The molecule has 0 atom stereocenters. The van der Waals surface area contributed by atoms with Crippen molar-refractivity contribution in [3.8, 4) is 5.75 Å². The van der Waals surface area contributed by atoms with Gasteiger partial charge < -0.3 is 10.1 Å². The SMILES string of the molecule is CN1C(=O)c2ccc(NC(=O)C3=Cc4ccccc4OC3)cc2C1=O. The Balaban J connectivity index is 1.58. The van der Waals surface area contributed by atoms with E-state index in [1.54, 1.807) is 18.2 Å². The Bertz CT molecular complexity index is 962. The van der Waals surface area contributed by atoms with Gasteiger partial charge in [-0.1, -0.05) is 18.2 Å². The minimum absolute atomic E-state index is 0.175. The van der Waals surface area contributed by atoms with Crippen molar-refractivity contribution in [1.82, 2.24) is 4.90 Å². The summed E-state index contributed by atoms with van der Waals surface area (Å²) in [6, 6.07) is 12.2. The molecule has 3 amide bonds. The molecule has 0 saturated carbocycles. The molecule has 2 heterocycles. The zero-order valence-electron chi connectivity index (χ0n) is 13.4. The van der Waals surface area contributed by atoms with Gasteiger partial charge in [0.15, 0.2) is 0 Å². The van der Waals surface area contributed by atoms with Crippen LogP contribution in [0.2, 0.25) is 0 Å². The van der Waals surface area contributed by atoms with E-state index in [4.69, 9.17) is 4.74 Å². The summed E-state index contributed by atoms with van der Waals surface area (Å²) in [6.45, 7) is 0.175. The Morgan fingerprint density at radius 3 is 2.68 bits per heavy atom. The lowest BCUT2D eigenvalue weighted by Gasteiger charge is -2.17. The minimum Gasteiger partial charge on any atom is -0.488 e. The number of carbonyl (C=O) groups excluding carboxylic acids is 3. The van der Waals surface area contributed by atoms with Crippen molar-refractivity contribution < 1.29 is 19.1 Å². The molecular formula is C19H14N2O4. The first-order chi connectivity index (χ1) is 12.0. The first kappa shape index (κ1) is 15.1. The fourth-order valence-corrected chi connectivity index (χ4v) is 2.90. The van der Waals surface area contributed by atoms with Gasteiger partial charge in [-0.3, -0.25) is 19.3 Å². The molecule has 2 aliphatic rings. The van der Waals surface area contributed by atoms with Gasteiger partial charge in [-0.05, 0) is 30.3 Å². The zero-order chi connectivity index (χ0) is 17.6. The van der Waals surface area contributed by atoms with Crippen molar-refractivity contribution >= 4 is 29.5 Å². The van der Waals surface area contributed by atoms with Gasteiger partial charge in [-0.25, -0.2) is 0 Å². The van der Waals surface area contributed by atoms with Crippen molar-refractivity contribution in [3.05, 3.63) is 64.7 Å². The second-order valence-electron chi connectivity index (χ2n) is 5.88. The van der Waals surface area contributed by atoms with Gasteiger partial charge in [-0.15, -0.1) is 0 Å². The van der Waals surface area contributed by atoms with Crippen LogP contribution in [-0.4, -0.2) is 36.3 Å². The van der Waals surface area contributed by atoms with E-state index in [0.717, 1.165) is 16.2 Å². The summed E-state index contributed by atoms with van der Waals surface area (Å²) in [5.74, 6) is -0.272. The van der Waals surface area contributed by atoms with Crippen molar-refractivity contribution in [2.24, 2.45) is 0 Å². The molecular weight excluding hydrogens is 320 g/mol. The monoisotopic (exact) mass is 334 g/mol. The molecule has 2 aromatic carbocycles. The van der Waals surface area contributed by atoms with Gasteiger partial charge in [0.25, 0.3) is 17.7 Å². The van der Waals surface area contributed by atoms with Gasteiger partial charge in [0.1, 0.15) is 12.4 Å². The molecule has 6 nitrogen and oxygen atoms in total. The molecule has 0 aliphatic carbocycles. The van der Waals surface area contributed by atoms with Crippen molar-refractivity contribution in [2.75, 3.05) is 19.0 Å². The third-order valence-electron chi connectivity index (χ3n) is 4.27. The van der Waals surface area contributed by atoms with Gasteiger partial charge in [0.2, 0.25) is 0 Å². The van der Waals surface area contributed by atoms with E-state index in [1.165, 1.54) is 13.1 Å². The van der Waals surface area contributed by atoms with Crippen LogP contribution in [0.4, 0.5) is 5.69 Å². The van der Waals surface area contributed by atoms with Crippen LogP contribution in [0.3, 0.4) is 0 Å². The average molecular weight is 334 g/mol. The number of amides is 3. The Labute approximate surface area is 143 Å². The highest BCUT2D eigenvalue weighted by Crippen LogP contribution is 2.27. The summed E-state index contributed by atoms with van der Waals surface area (Å²) >= 11 is 0. The molecule has 124 valence electrons. The number of nitrogens with one attached hydrogen (secondary N) is 1. The van der Waals surface area contributed by atoms with Crippen LogP contribution in [0.1, 0.15) is 26.3 Å². The highest BCUT2D eigenvalue weighted by molar-refractivity contribution is 6.21. The van der Waals surface area contributed by atoms with Crippen LogP contribution in [-0.2, 0) is 4.79 Å². The number of anilines is 1. The molecule has 6 heteroatoms. The van der Waals surface area contributed by atoms with E-state index < -0.39 is 0 Å². The fraction of sp³-hybridized carbons (Fsp3) is 0.105. The van der Waals surface area contributed by atoms with Gasteiger partial charge >= 0.3 is 0 Å². The van der Waals surface area contributed by atoms with Crippen molar-refractivity contribution in [3.63, 3.8) is 0 Å².